The quantitative estimate of drug-likeness (QED) is 0.442. The van der Waals surface area contributed by atoms with Gasteiger partial charge in [0.05, 0.1) is 12.7 Å². The molecule has 0 heterocycles. The lowest BCUT2D eigenvalue weighted by atomic mass is 10.3. The van der Waals surface area contributed by atoms with Gasteiger partial charge in [0, 0.05) is 26.2 Å². The fourth-order valence-electron chi connectivity index (χ4n) is 1.10. The molecule has 0 bridgehead atoms. The number of rotatable bonds is 10. The summed E-state index contributed by atoms with van der Waals surface area (Å²) in [5.41, 5.74) is 5.29. The Balaban J connectivity index is 3.06. The zero-order valence-electron chi connectivity index (χ0n) is 9.17. The van der Waals surface area contributed by atoms with Crippen molar-refractivity contribution in [2.24, 2.45) is 5.73 Å². The van der Waals surface area contributed by atoms with Crippen LogP contribution in [0.15, 0.2) is 0 Å². The van der Waals surface area contributed by atoms with E-state index in [0.717, 1.165) is 19.6 Å². The first-order valence-corrected chi connectivity index (χ1v) is 5.47. The van der Waals surface area contributed by atoms with Gasteiger partial charge in [0.25, 0.3) is 0 Å². The summed E-state index contributed by atoms with van der Waals surface area (Å²) in [4.78, 5) is 0. The van der Waals surface area contributed by atoms with Gasteiger partial charge >= 0.3 is 0 Å². The smallest absolute Gasteiger partial charge is 0.0897 e. The SMILES string of the molecule is CCCCCOC[C@H](O)CNCCN. The van der Waals surface area contributed by atoms with Gasteiger partial charge in [0.1, 0.15) is 0 Å². The molecule has 0 aromatic carbocycles. The van der Waals surface area contributed by atoms with E-state index in [4.69, 9.17) is 10.5 Å². The van der Waals surface area contributed by atoms with Crippen LogP contribution in [-0.2, 0) is 4.74 Å². The molecule has 0 aliphatic rings. The molecule has 0 spiro atoms. The summed E-state index contributed by atoms with van der Waals surface area (Å²) in [5.74, 6) is 0. The largest absolute Gasteiger partial charge is 0.389 e. The van der Waals surface area contributed by atoms with E-state index < -0.39 is 6.10 Å². The Morgan fingerprint density at radius 3 is 2.86 bits per heavy atom. The second-order valence-electron chi connectivity index (χ2n) is 3.43. The highest BCUT2D eigenvalue weighted by atomic mass is 16.5. The summed E-state index contributed by atoms with van der Waals surface area (Å²) in [6, 6.07) is 0. The van der Waals surface area contributed by atoms with Crippen LogP contribution in [0, 0.1) is 0 Å². The zero-order chi connectivity index (χ0) is 10.6. The first-order valence-electron chi connectivity index (χ1n) is 5.47. The van der Waals surface area contributed by atoms with E-state index in [1.54, 1.807) is 0 Å². The Kier molecular flexibility index (Phi) is 10.8. The molecule has 0 saturated carbocycles. The number of unbranched alkanes of at least 4 members (excludes halogenated alkanes) is 2. The molecule has 0 aromatic rings. The van der Waals surface area contributed by atoms with Gasteiger partial charge < -0.3 is 20.9 Å². The molecule has 4 nitrogen and oxygen atoms in total. The molecule has 4 N–H and O–H groups in total. The van der Waals surface area contributed by atoms with Crippen LogP contribution in [0.2, 0.25) is 0 Å². The first kappa shape index (κ1) is 13.8. The number of aliphatic hydroxyl groups excluding tert-OH is 1. The maximum atomic E-state index is 9.40. The summed E-state index contributed by atoms with van der Waals surface area (Å²) >= 11 is 0. The van der Waals surface area contributed by atoms with Crippen LogP contribution >= 0.6 is 0 Å². The lowest BCUT2D eigenvalue weighted by molar-refractivity contribution is 0.0358. The Hall–Kier alpha value is -0.160. The van der Waals surface area contributed by atoms with E-state index in [-0.39, 0.29) is 0 Å². The van der Waals surface area contributed by atoms with Gasteiger partial charge in [-0.05, 0) is 6.42 Å². The summed E-state index contributed by atoms with van der Waals surface area (Å²) in [6.07, 6.45) is 3.06. The molecule has 0 unspecified atom stereocenters. The predicted molar refractivity (Wildman–Crippen MR) is 58.3 cm³/mol. The Morgan fingerprint density at radius 1 is 1.43 bits per heavy atom. The van der Waals surface area contributed by atoms with Gasteiger partial charge in [0.2, 0.25) is 0 Å². The summed E-state index contributed by atoms with van der Waals surface area (Å²) in [6.45, 7) is 5.23. The summed E-state index contributed by atoms with van der Waals surface area (Å²) in [5, 5.41) is 12.4. The van der Waals surface area contributed by atoms with Crippen LogP contribution < -0.4 is 11.1 Å². The van der Waals surface area contributed by atoms with Crippen molar-refractivity contribution in [3.8, 4) is 0 Å². The molecule has 86 valence electrons. The van der Waals surface area contributed by atoms with Crippen LogP contribution in [0.25, 0.3) is 0 Å². The third-order valence-corrected chi connectivity index (χ3v) is 1.90. The van der Waals surface area contributed by atoms with Crippen molar-refractivity contribution in [3.63, 3.8) is 0 Å². The molecule has 0 radical (unpaired) electrons. The molecule has 0 fully saturated rings. The van der Waals surface area contributed by atoms with Crippen molar-refractivity contribution in [2.75, 3.05) is 32.8 Å². The van der Waals surface area contributed by atoms with Crippen molar-refractivity contribution in [1.29, 1.82) is 0 Å². The standard InChI is InChI=1S/C10H24N2O2/c1-2-3-4-7-14-9-10(13)8-12-6-5-11/h10,12-13H,2-9,11H2,1H3/t10-/m1/s1. The van der Waals surface area contributed by atoms with Crippen LogP contribution in [-0.4, -0.2) is 44.1 Å². The number of aliphatic hydroxyl groups is 1. The number of hydrogen-bond donors (Lipinski definition) is 3. The molecule has 0 aromatic heterocycles. The fourth-order valence-corrected chi connectivity index (χ4v) is 1.10. The summed E-state index contributed by atoms with van der Waals surface area (Å²) < 4.78 is 5.31. The normalized spacial score (nSPS) is 13.1. The molecular formula is C10H24N2O2. The predicted octanol–water partition coefficient (Wildman–Crippen LogP) is 0.102. The minimum Gasteiger partial charge on any atom is -0.389 e. The van der Waals surface area contributed by atoms with E-state index in [2.05, 4.69) is 12.2 Å². The summed E-state index contributed by atoms with van der Waals surface area (Å²) in [7, 11) is 0. The minimum atomic E-state index is -0.414. The van der Waals surface area contributed by atoms with Crippen LogP contribution in [0.5, 0.6) is 0 Å². The second kappa shape index (κ2) is 10.9. The molecule has 14 heavy (non-hydrogen) atoms. The third-order valence-electron chi connectivity index (χ3n) is 1.90. The average molecular weight is 204 g/mol. The van der Waals surface area contributed by atoms with Gasteiger partial charge in [-0.15, -0.1) is 0 Å². The van der Waals surface area contributed by atoms with Gasteiger partial charge in [-0.25, -0.2) is 0 Å². The van der Waals surface area contributed by atoms with Gasteiger partial charge in [0.15, 0.2) is 0 Å². The lowest BCUT2D eigenvalue weighted by Gasteiger charge is -2.11. The molecule has 0 aliphatic carbocycles. The zero-order valence-corrected chi connectivity index (χ0v) is 9.17. The van der Waals surface area contributed by atoms with Crippen LogP contribution in [0.1, 0.15) is 26.2 Å². The van der Waals surface area contributed by atoms with Crippen molar-refractivity contribution < 1.29 is 9.84 Å². The first-order chi connectivity index (χ1) is 6.81. The molecule has 0 saturated heterocycles. The van der Waals surface area contributed by atoms with Crippen molar-refractivity contribution in [1.82, 2.24) is 5.32 Å². The number of ether oxygens (including phenoxy) is 1. The maximum Gasteiger partial charge on any atom is 0.0897 e. The van der Waals surface area contributed by atoms with Crippen molar-refractivity contribution >= 4 is 0 Å². The Labute approximate surface area is 86.8 Å². The second-order valence-corrected chi connectivity index (χ2v) is 3.43. The van der Waals surface area contributed by atoms with E-state index in [1.165, 1.54) is 12.8 Å². The molecule has 0 amide bonds. The fraction of sp³-hybridized carbons (Fsp3) is 1.00. The highest BCUT2D eigenvalue weighted by Crippen LogP contribution is 1.94. The molecular weight excluding hydrogens is 180 g/mol. The monoisotopic (exact) mass is 204 g/mol. The van der Waals surface area contributed by atoms with E-state index >= 15 is 0 Å². The molecule has 0 aliphatic heterocycles. The topological polar surface area (TPSA) is 67.5 Å². The van der Waals surface area contributed by atoms with Crippen LogP contribution in [0.4, 0.5) is 0 Å². The van der Waals surface area contributed by atoms with Crippen molar-refractivity contribution in [2.45, 2.75) is 32.3 Å². The average Bonchev–Trinajstić information content (AvgIpc) is 2.18. The Bertz CT molecular complexity index is 112. The highest BCUT2D eigenvalue weighted by Gasteiger charge is 2.02. The Morgan fingerprint density at radius 2 is 2.21 bits per heavy atom. The highest BCUT2D eigenvalue weighted by molar-refractivity contribution is 4.58. The van der Waals surface area contributed by atoms with Crippen LogP contribution in [0.3, 0.4) is 0 Å². The third kappa shape index (κ3) is 9.92. The van der Waals surface area contributed by atoms with E-state index in [0.29, 0.717) is 19.7 Å². The minimum absolute atomic E-state index is 0.414. The van der Waals surface area contributed by atoms with E-state index in [1.807, 2.05) is 0 Å². The van der Waals surface area contributed by atoms with Gasteiger partial charge in [-0.1, -0.05) is 19.8 Å². The lowest BCUT2D eigenvalue weighted by Crippen LogP contribution is -2.33. The maximum absolute atomic E-state index is 9.40. The van der Waals surface area contributed by atoms with Crippen molar-refractivity contribution in [3.05, 3.63) is 0 Å². The molecule has 4 heteroatoms. The molecule has 0 rings (SSSR count). The molecule has 1 atom stereocenters. The van der Waals surface area contributed by atoms with Gasteiger partial charge in [-0.3, -0.25) is 0 Å². The number of nitrogens with two attached hydrogens (primary N) is 1. The van der Waals surface area contributed by atoms with Gasteiger partial charge in [-0.2, -0.15) is 0 Å². The number of hydrogen-bond acceptors (Lipinski definition) is 4. The number of nitrogens with one attached hydrogen (secondary N) is 1. The van der Waals surface area contributed by atoms with E-state index in [9.17, 15) is 5.11 Å².